The summed E-state index contributed by atoms with van der Waals surface area (Å²) in [5, 5.41) is 0.667. The van der Waals surface area contributed by atoms with Gasteiger partial charge in [-0.1, -0.05) is 35.0 Å². The molecule has 0 aromatic carbocycles. The standard InChI is InChI=1S/C12H7Cl2N5O2S/c1-22-11-16-4-5-9(17-11)18-12(21)19(10(5)20)7-6(13)2-3-15-8(7)14/h2-4H,1H3,(H,16,17,18,21). The molecule has 0 atom stereocenters. The molecule has 1 N–H and O–H groups in total. The molecule has 0 radical (unpaired) electrons. The molecule has 0 unspecified atom stereocenters. The Hall–Kier alpha value is -1.90. The average Bonchev–Trinajstić information content (AvgIpc) is 2.49. The van der Waals surface area contributed by atoms with E-state index >= 15 is 0 Å². The van der Waals surface area contributed by atoms with E-state index in [1.165, 1.54) is 30.2 Å². The topological polar surface area (TPSA) is 93.5 Å². The van der Waals surface area contributed by atoms with Gasteiger partial charge in [-0.25, -0.2) is 24.3 Å². The Kier molecular flexibility index (Phi) is 3.90. The quantitative estimate of drug-likeness (QED) is 0.428. The van der Waals surface area contributed by atoms with Crippen LogP contribution in [-0.2, 0) is 0 Å². The van der Waals surface area contributed by atoms with Crippen molar-refractivity contribution in [3.05, 3.63) is 49.5 Å². The van der Waals surface area contributed by atoms with Crippen LogP contribution in [0.5, 0.6) is 0 Å². The molecule has 0 saturated carbocycles. The normalized spacial score (nSPS) is 11.0. The van der Waals surface area contributed by atoms with Gasteiger partial charge in [0, 0.05) is 12.4 Å². The van der Waals surface area contributed by atoms with Crippen LogP contribution in [0.4, 0.5) is 0 Å². The number of hydrogen-bond acceptors (Lipinski definition) is 6. The number of aromatic nitrogens is 5. The Labute approximate surface area is 137 Å². The van der Waals surface area contributed by atoms with Gasteiger partial charge in [0.15, 0.2) is 16.0 Å². The van der Waals surface area contributed by atoms with Gasteiger partial charge >= 0.3 is 5.69 Å². The van der Waals surface area contributed by atoms with Crippen molar-refractivity contribution in [2.24, 2.45) is 0 Å². The van der Waals surface area contributed by atoms with E-state index in [2.05, 4.69) is 19.9 Å². The van der Waals surface area contributed by atoms with E-state index in [1.54, 1.807) is 6.26 Å². The third kappa shape index (κ3) is 2.39. The van der Waals surface area contributed by atoms with Crippen molar-refractivity contribution in [2.75, 3.05) is 6.26 Å². The van der Waals surface area contributed by atoms with Crippen molar-refractivity contribution in [3.63, 3.8) is 0 Å². The Balaban J connectivity index is 2.42. The van der Waals surface area contributed by atoms with Crippen LogP contribution in [0.2, 0.25) is 10.2 Å². The summed E-state index contributed by atoms with van der Waals surface area (Å²) in [6.07, 6.45) is 4.51. The van der Waals surface area contributed by atoms with Crippen LogP contribution in [0.15, 0.2) is 33.2 Å². The molecule has 0 aliphatic rings. The molecule has 3 heterocycles. The second-order valence-electron chi connectivity index (χ2n) is 4.12. The zero-order valence-corrected chi connectivity index (χ0v) is 13.3. The Bertz CT molecular complexity index is 981. The van der Waals surface area contributed by atoms with Gasteiger partial charge in [-0.2, -0.15) is 0 Å². The van der Waals surface area contributed by atoms with E-state index in [0.29, 0.717) is 5.16 Å². The van der Waals surface area contributed by atoms with Crippen LogP contribution < -0.4 is 11.2 Å². The zero-order chi connectivity index (χ0) is 15.9. The van der Waals surface area contributed by atoms with Crippen molar-refractivity contribution >= 4 is 46.0 Å². The maximum atomic E-state index is 12.6. The number of aromatic amines is 1. The summed E-state index contributed by atoms with van der Waals surface area (Å²) in [5.41, 5.74) is -1.15. The molecule has 0 aliphatic carbocycles. The highest BCUT2D eigenvalue weighted by Gasteiger charge is 2.17. The van der Waals surface area contributed by atoms with Crippen molar-refractivity contribution in [1.82, 2.24) is 24.5 Å². The SMILES string of the molecule is CSc1ncc2c(=O)n(-c3c(Cl)ccnc3Cl)c(=O)[nH]c2n1. The number of nitrogens with zero attached hydrogens (tertiary/aromatic N) is 4. The summed E-state index contributed by atoms with van der Waals surface area (Å²) >= 11 is 13.3. The number of rotatable bonds is 2. The predicted octanol–water partition coefficient (Wildman–Crippen LogP) is 1.89. The summed E-state index contributed by atoms with van der Waals surface area (Å²) in [6, 6.07) is 1.44. The van der Waals surface area contributed by atoms with E-state index in [0.717, 1.165) is 4.57 Å². The molecule has 0 spiro atoms. The van der Waals surface area contributed by atoms with Crippen LogP contribution in [0.25, 0.3) is 16.7 Å². The number of hydrogen-bond donors (Lipinski definition) is 1. The lowest BCUT2D eigenvalue weighted by Crippen LogP contribution is -2.34. The van der Waals surface area contributed by atoms with Crippen LogP contribution in [0.3, 0.4) is 0 Å². The maximum absolute atomic E-state index is 12.6. The smallest absolute Gasteiger partial charge is 0.291 e. The molecule has 112 valence electrons. The predicted molar refractivity (Wildman–Crippen MR) is 85.4 cm³/mol. The van der Waals surface area contributed by atoms with Gasteiger partial charge < -0.3 is 0 Å². The van der Waals surface area contributed by atoms with Crippen molar-refractivity contribution in [1.29, 1.82) is 0 Å². The molecule has 7 nitrogen and oxygen atoms in total. The first-order chi connectivity index (χ1) is 10.5. The second-order valence-corrected chi connectivity index (χ2v) is 5.66. The monoisotopic (exact) mass is 355 g/mol. The molecule has 0 fully saturated rings. The highest BCUT2D eigenvalue weighted by atomic mass is 35.5. The lowest BCUT2D eigenvalue weighted by Gasteiger charge is -2.09. The van der Waals surface area contributed by atoms with Gasteiger partial charge in [-0.05, 0) is 12.3 Å². The van der Waals surface area contributed by atoms with Gasteiger partial charge in [0.25, 0.3) is 5.56 Å². The highest BCUT2D eigenvalue weighted by molar-refractivity contribution is 7.98. The molecule has 10 heteroatoms. The molecule has 0 saturated heterocycles. The van der Waals surface area contributed by atoms with Gasteiger partial charge in [0.2, 0.25) is 0 Å². The van der Waals surface area contributed by atoms with Gasteiger partial charge in [-0.3, -0.25) is 9.78 Å². The van der Waals surface area contributed by atoms with Crippen LogP contribution in [0, 0.1) is 0 Å². The molecule has 0 aliphatic heterocycles. The minimum absolute atomic E-state index is 0.0212. The van der Waals surface area contributed by atoms with Gasteiger partial charge in [0.1, 0.15) is 11.1 Å². The molecule has 0 amide bonds. The van der Waals surface area contributed by atoms with E-state index in [4.69, 9.17) is 23.2 Å². The molecule has 3 aromatic rings. The largest absolute Gasteiger partial charge is 0.334 e. The first kappa shape index (κ1) is 15.0. The maximum Gasteiger partial charge on any atom is 0.334 e. The fourth-order valence-corrected chi connectivity index (χ4v) is 2.76. The molecule has 22 heavy (non-hydrogen) atoms. The third-order valence-corrected chi connectivity index (χ3v) is 4.01. The first-order valence-electron chi connectivity index (χ1n) is 5.89. The minimum Gasteiger partial charge on any atom is -0.291 e. The fraction of sp³-hybridized carbons (Fsp3) is 0.0833. The summed E-state index contributed by atoms with van der Waals surface area (Å²) in [5.74, 6) is 0. The van der Waals surface area contributed by atoms with Gasteiger partial charge in [-0.15, -0.1) is 0 Å². The first-order valence-corrected chi connectivity index (χ1v) is 7.87. The number of halogens is 2. The van der Waals surface area contributed by atoms with Crippen LogP contribution >= 0.6 is 35.0 Å². The lowest BCUT2D eigenvalue weighted by molar-refractivity contribution is 0.873. The van der Waals surface area contributed by atoms with E-state index < -0.39 is 11.2 Å². The van der Waals surface area contributed by atoms with Crippen molar-refractivity contribution < 1.29 is 0 Å². The summed E-state index contributed by atoms with van der Waals surface area (Å²) in [4.78, 5) is 39.3. The molecule has 3 aromatic heterocycles. The number of pyridine rings is 1. The molecular formula is C12H7Cl2N5O2S. The fourth-order valence-electron chi connectivity index (χ4n) is 1.89. The van der Waals surface area contributed by atoms with Crippen molar-refractivity contribution in [3.8, 4) is 5.69 Å². The Morgan fingerprint density at radius 2 is 2.05 bits per heavy atom. The number of fused-ring (bicyclic) bond motifs is 1. The van der Waals surface area contributed by atoms with Gasteiger partial charge in [0.05, 0.1) is 5.02 Å². The zero-order valence-electron chi connectivity index (χ0n) is 11.0. The minimum atomic E-state index is -0.708. The van der Waals surface area contributed by atoms with Crippen LogP contribution in [0.1, 0.15) is 0 Å². The lowest BCUT2D eigenvalue weighted by atomic mass is 10.3. The number of thioether (sulfide) groups is 1. The summed E-state index contributed by atoms with van der Waals surface area (Å²) in [6.45, 7) is 0. The summed E-state index contributed by atoms with van der Waals surface area (Å²) in [7, 11) is 0. The van der Waals surface area contributed by atoms with E-state index in [9.17, 15) is 9.59 Å². The van der Waals surface area contributed by atoms with Crippen LogP contribution in [-0.4, -0.2) is 30.8 Å². The van der Waals surface area contributed by atoms with Crippen molar-refractivity contribution in [2.45, 2.75) is 5.16 Å². The molecular weight excluding hydrogens is 349 g/mol. The average molecular weight is 356 g/mol. The Morgan fingerprint density at radius 3 is 2.73 bits per heavy atom. The number of nitrogens with one attached hydrogen (secondary N) is 1. The van der Waals surface area contributed by atoms with E-state index in [1.807, 2.05) is 0 Å². The highest BCUT2D eigenvalue weighted by Crippen LogP contribution is 2.24. The third-order valence-electron chi connectivity index (χ3n) is 2.87. The summed E-state index contributed by atoms with van der Waals surface area (Å²) < 4.78 is 0.822. The molecule has 0 bridgehead atoms. The molecule has 3 rings (SSSR count). The number of H-pyrrole nitrogens is 1. The Morgan fingerprint density at radius 1 is 1.27 bits per heavy atom. The van der Waals surface area contributed by atoms with E-state index in [-0.39, 0.29) is 26.9 Å². The second kappa shape index (κ2) is 5.71.